The van der Waals surface area contributed by atoms with Crippen molar-refractivity contribution in [3.05, 3.63) is 0 Å². The summed E-state index contributed by atoms with van der Waals surface area (Å²) in [5.74, 6) is -1.45. The lowest BCUT2D eigenvalue weighted by molar-refractivity contribution is -0.138. The first-order valence-electron chi connectivity index (χ1n) is 10.4. The van der Waals surface area contributed by atoms with Crippen LogP contribution in [0.1, 0.15) is 117 Å². The largest absolute Gasteiger partial charge is 0.481 e. The average molecular weight is 357 g/mol. The van der Waals surface area contributed by atoms with Crippen molar-refractivity contribution in [1.29, 1.82) is 0 Å². The maximum atomic E-state index is 10.9. The van der Waals surface area contributed by atoms with Gasteiger partial charge in [-0.05, 0) is 43.9 Å². The molecular formula is C21H40O4. The molecule has 0 bridgehead atoms. The van der Waals surface area contributed by atoms with Crippen LogP contribution in [0.25, 0.3) is 0 Å². The molecule has 0 radical (unpaired) electrons. The first kappa shape index (κ1) is 23.9. The molecular weight excluding hydrogens is 316 g/mol. The quantitative estimate of drug-likeness (QED) is 0.278. The number of carboxylic acids is 2. The van der Waals surface area contributed by atoms with Gasteiger partial charge in [-0.1, -0.05) is 65.2 Å². The Hall–Kier alpha value is -1.06. The molecule has 2 N–H and O–H groups in total. The Morgan fingerprint density at radius 3 is 1.28 bits per heavy atom. The molecule has 0 fully saturated rings. The van der Waals surface area contributed by atoms with Crippen molar-refractivity contribution in [3.8, 4) is 0 Å². The molecule has 148 valence electrons. The second-order valence-electron chi connectivity index (χ2n) is 7.62. The minimum Gasteiger partial charge on any atom is -0.481 e. The molecule has 0 aliphatic rings. The fraction of sp³-hybridized carbons (Fsp3) is 0.905. The Bertz CT molecular complexity index is 318. The van der Waals surface area contributed by atoms with Crippen molar-refractivity contribution in [2.75, 3.05) is 0 Å². The van der Waals surface area contributed by atoms with Gasteiger partial charge < -0.3 is 10.2 Å². The van der Waals surface area contributed by atoms with Gasteiger partial charge in [-0.25, -0.2) is 0 Å². The highest BCUT2D eigenvalue weighted by molar-refractivity contribution is 5.66. The summed E-state index contributed by atoms with van der Waals surface area (Å²) in [7, 11) is 0. The van der Waals surface area contributed by atoms with Crippen LogP contribution in [0.15, 0.2) is 0 Å². The average Bonchev–Trinajstić information content (AvgIpc) is 2.55. The zero-order chi connectivity index (χ0) is 19.0. The fourth-order valence-corrected chi connectivity index (χ4v) is 3.83. The molecule has 4 heteroatoms. The molecule has 0 atom stereocenters. The lowest BCUT2D eigenvalue weighted by atomic mass is 9.71. The molecule has 0 saturated carbocycles. The molecule has 0 unspecified atom stereocenters. The van der Waals surface area contributed by atoms with E-state index in [4.69, 9.17) is 10.2 Å². The van der Waals surface area contributed by atoms with Crippen LogP contribution < -0.4 is 0 Å². The Morgan fingerprint density at radius 1 is 0.600 bits per heavy atom. The molecule has 0 aliphatic carbocycles. The van der Waals surface area contributed by atoms with Crippen molar-refractivity contribution >= 4 is 11.9 Å². The summed E-state index contributed by atoms with van der Waals surface area (Å²) in [6.07, 6.45) is 15.7. The molecule has 0 aliphatic heterocycles. The maximum absolute atomic E-state index is 10.9. The van der Waals surface area contributed by atoms with E-state index in [1.807, 2.05) is 0 Å². The molecule has 0 spiro atoms. The van der Waals surface area contributed by atoms with Gasteiger partial charge >= 0.3 is 11.9 Å². The Kier molecular flexibility index (Phi) is 14.6. The number of carbonyl (C=O) groups is 2. The SMILES string of the molecule is CCCCCCC(CCCCCC)(CCCC(=O)O)CCCC(=O)O. The zero-order valence-corrected chi connectivity index (χ0v) is 16.5. The van der Waals surface area contributed by atoms with Crippen LogP contribution in [-0.4, -0.2) is 22.2 Å². The number of carboxylic acid groups (broad SMARTS) is 2. The van der Waals surface area contributed by atoms with E-state index in [-0.39, 0.29) is 18.3 Å². The van der Waals surface area contributed by atoms with Crippen molar-refractivity contribution < 1.29 is 19.8 Å². The molecule has 0 heterocycles. The van der Waals surface area contributed by atoms with Gasteiger partial charge in [0.15, 0.2) is 0 Å². The predicted octanol–water partition coefficient (Wildman–Crippen LogP) is 6.42. The summed E-state index contributed by atoms with van der Waals surface area (Å²) in [6, 6.07) is 0. The summed E-state index contributed by atoms with van der Waals surface area (Å²) in [4.78, 5) is 21.8. The summed E-state index contributed by atoms with van der Waals surface area (Å²) in [5, 5.41) is 17.9. The van der Waals surface area contributed by atoms with Crippen molar-refractivity contribution in [2.24, 2.45) is 5.41 Å². The molecule has 25 heavy (non-hydrogen) atoms. The number of aliphatic carboxylic acids is 2. The number of hydrogen-bond donors (Lipinski definition) is 2. The van der Waals surface area contributed by atoms with Crippen molar-refractivity contribution in [3.63, 3.8) is 0 Å². The third kappa shape index (κ3) is 13.9. The fourth-order valence-electron chi connectivity index (χ4n) is 3.83. The highest BCUT2D eigenvalue weighted by Crippen LogP contribution is 2.41. The first-order valence-corrected chi connectivity index (χ1v) is 10.4. The molecule has 4 nitrogen and oxygen atoms in total. The van der Waals surface area contributed by atoms with Crippen molar-refractivity contribution in [2.45, 2.75) is 117 Å². The molecule has 0 aromatic rings. The zero-order valence-electron chi connectivity index (χ0n) is 16.5. The third-order valence-corrected chi connectivity index (χ3v) is 5.32. The van der Waals surface area contributed by atoms with Gasteiger partial charge in [0.1, 0.15) is 0 Å². The van der Waals surface area contributed by atoms with Crippen LogP contribution in [0.3, 0.4) is 0 Å². The Balaban J connectivity index is 4.78. The standard InChI is InChI=1S/C21H40O4/c1-3-5-7-9-15-21(16-10-8-6-4-2,17-11-13-19(22)23)18-12-14-20(24)25/h3-18H2,1-2H3,(H,22,23)(H,24,25). The lowest BCUT2D eigenvalue weighted by Crippen LogP contribution is -2.22. The number of rotatable bonds is 18. The number of hydrogen-bond acceptors (Lipinski definition) is 2. The van der Waals surface area contributed by atoms with E-state index < -0.39 is 11.9 Å². The topological polar surface area (TPSA) is 74.6 Å². The van der Waals surface area contributed by atoms with Crippen LogP contribution in [0.5, 0.6) is 0 Å². The molecule has 0 saturated heterocycles. The molecule has 0 aromatic heterocycles. The van der Waals surface area contributed by atoms with Crippen LogP contribution in [-0.2, 0) is 9.59 Å². The first-order chi connectivity index (χ1) is 12.0. The maximum Gasteiger partial charge on any atom is 0.303 e. The van der Waals surface area contributed by atoms with E-state index in [1.54, 1.807) is 0 Å². The minimum atomic E-state index is -0.726. The summed E-state index contributed by atoms with van der Waals surface area (Å²) in [6.45, 7) is 4.41. The van der Waals surface area contributed by atoms with Gasteiger partial charge in [-0.15, -0.1) is 0 Å². The second kappa shape index (κ2) is 15.2. The van der Waals surface area contributed by atoms with Crippen LogP contribution in [0.4, 0.5) is 0 Å². The van der Waals surface area contributed by atoms with Crippen LogP contribution >= 0.6 is 0 Å². The van der Waals surface area contributed by atoms with E-state index >= 15 is 0 Å². The van der Waals surface area contributed by atoms with E-state index in [2.05, 4.69) is 13.8 Å². The highest BCUT2D eigenvalue weighted by Gasteiger charge is 2.28. The lowest BCUT2D eigenvalue weighted by Gasteiger charge is -2.35. The van der Waals surface area contributed by atoms with Gasteiger partial charge in [0, 0.05) is 12.8 Å². The number of unbranched alkanes of at least 4 members (excludes halogenated alkanes) is 6. The molecule has 0 aromatic carbocycles. The van der Waals surface area contributed by atoms with Crippen LogP contribution in [0.2, 0.25) is 0 Å². The van der Waals surface area contributed by atoms with E-state index in [9.17, 15) is 9.59 Å². The highest BCUT2D eigenvalue weighted by atomic mass is 16.4. The van der Waals surface area contributed by atoms with Gasteiger partial charge in [0.25, 0.3) is 0 Å². The smallest absolute Gasteiger partial charge is 0.303 e. The summed E-state index contributed by atoms with van der Waals surface area (Å²) >= 11 is 0. The minimum absolute atomic E-state index is 0.145. The van der Waals surface area contributed by atoms with E-state index in [0.717, 1.165) is 25.7 Å². The second-order valence-corrected chi connectivity index (χ2v) is 7.62. The van der Waals surface area contributed by atoms with Gasteiger partial charge in [0.2, 0.25) is 0 Å². The van der Waals surface area contributed by atoms with Crippen molar-refractivity contribution in [1.82, 2.24) is 0 Å². The normalized spacial score (nSPS) is 11.6. The Morgan fingerprint density at radius 2 is 0.960 bits per heavy atom. The Labute approximate surface area is 154 Å². The summed E-state index contributed by atoms with van der Waals surface area (Å²) in [5.41, 5.74) is 0.145. The van der Waals surface area contributed by atoms with E-state index in [0.29, 0.717) is 12.8 Å². The molecule has 0 rings (SSSR count). The van der Waals surface area contributed by atoms with Gasteiger partial charge in [-0.2, -0.15) is 0 Å². The van der Waals surface area contributed by atoms with Gasteiger partial charge in [-0.3, -0.25) is 9.59 Å². The predicted molar refractivity (Wildman–Crippen MR) is 103 cm³/mol. The van der Waals surface area contributed by atoms with Crippen LogP contribution in [0, 0.1) is 5.41 Å². The monoisotopic (exact) mass is 356 g/mol. The van der Waals surface area contributed by atoms with E-state index in [1.165, 1.54) is 51.4 Å². The summed E-state index contributed by atoms with van der Waals surface area (Å²) < 4.78 is 0. The third-order valence-electron chi connectivity index (χ3n) is 5.32. The van der Waals surface area contributed by atoms with Gasteiger partial charge in [0.05, 0.1) is 0 Å². The molecule has 0 amide bonds.